The highest BCUT2D eigenvalue weighted by molar-refractivity contribution is 5.85. The Bertz CT molecular complexity index is 384. The molecule has 0 aliphatic heterocycles. The van der Waals surface area contributed by atoms with Gasteiger partial charge in [-0.1, -0.05) is 36.4 Å². The molecule has 0 saturated heterocycles. The summed E-state index contributed by atoms with van der Waals surface area (Å²) in [5.41, 5.74) is 1.70. The number of likely N-dealkylation sites (N-methyl/N-ethyl adjacent to an activating group) is 1. The van der Waals surface area contributed by atoms with E-state index in [2.05, 4.69) is 17.0 Å². The highest BCUT2D eigenvalue weighted by Gasteiger charge is 2.01. The van der Waals surface area contributed by atoms with Crippen LogP contribution >= 0.6 is 0 Å². The van der Waals surface area contributed by atoms with Gasteiger partial charge in [-0.3, -0.25) is 0 Å². The van der Waals surface area contributed by atoms with Gasteiger partial charge in [-0.15, -0.1) is 0 Å². The Morgan fingerprint density at radius 2 is 2.00 bits per heavy atom. The Hall–Kier alpha value is -1.61. The average molecular weight is 233 g/mol. The molecular weight excluding hydrogens is 214 g/mol. The third-order valence-corrected chi connectivity index (χ3v) is 2.67. The van der Waals surface area contributed by atoms with Crippen molar-refractivity contribution in [3.8, 4) is 0 Å². The molecule has 0 unspecified atom stereocenters. The smallest absolute Gasteiger partial charge is 0.330 e. The maximum Gasteiger partial charge on any atom is 0.330 e. The summed E-state index contributed by atoms with van der Waals surface area (Å²) in [5, 5.41) is 8.72. The molecule has 0 aliphatic rings. The van der Waals surface area contributed by atoms with E-state index in [9.17, 15) is 4.79 Å². The quantitative estimate of drug-likeness (QED) is 0.766. The lowest BCUT2D eigenvalue weighted by atomic mass is 10.1. The first-order chi connectivity index (χ1) is 8.09. The molecule has 1 aromatic carbocycles. The number of benzene rings is 1. The Labute approximate surface area is 102 Å². The van der Waals surface area contributed by atoms with Crippen LogP contribution in [0.3, 0.4) is 0 Å². The molecule has 17 heavy (non-hydrogen) atoms. The minimum atomic E-state index is -0.846. The van der Waals surface area contributed by atoms with Crippen LogP contribution in [0.1, 0.15) is 12.5 Å². The van der Waals surface area contributed by atoms with E-state index in [0.717, 1.165) is 13.0 Å². The van der Waals surface area contributed by atoms with Crippen LogP contribution in [0.5, 0.6) is 0 Å². The van der Waals surface area contributed by atoms with Crippen molar-refractivity contribution in [2.45, 2.75) is 13.3 Å². The second kappa shape index (κ2) is 6.86. The van der Waals surface area contributed by atoms with E-state index >= 15 is 0 Å². The Kier molecular flexibility index (Phi) is 5.43. The SMILES string of the molecule is CC(=CCN(C)CCc1ccccc1)C(=O)O. The van der Waals surface area contributed by atoms with Crippen molar-refractivity contribution in [2.24, 2.45) is 0 Å². The van der Waals surface area contributed by atoms with Gasteiger partial charge in [0.05, 0.1) is 0 Å². The lowest BCUT2D eigenvalue weighted by Gasteiger charge is -2.14. The van der Waals surface area contributed by atoms with Gasteiger partial charge in [0.1, 0.15) is 0 Å². The average Bonchev–Trinajstić information content (AvgIpc) is 2.34. The standard InChI is InChI=1S/C14H19NO2/c1-12(14(16)17)8-10-15(2)11-9-13-6-4-3-5-7-13/h3-8H,9-11H2,1-2H3,(H,16,17). The zero-order valence-corrected chi connectivity index (χ0v) is 10.4. The number of carboxylic acids is 1. The summed E-state index contributed by atoms with van der Waals surface area (Å²) < 4.78 is 0. The third-order valence-electron chi connectivity index (χ3n) is 2.67. The lowest BCUT2D eigenvalue weighted by molar-refractivity contribution is -0.132. The molecule has 0 saturated carbocycles. The summed E-state index contributed by atoms with van der Waals surface area (Å²) in [4.78, 5) is 12.7. The van der Waals surface area contributed by atoms with Crippen molar-refractivity contribution in [3.05, 3.63) is 47.5 Å². The Morgan fingerprint density at radius 3 is 2.59 bits per heavy atom. The van der Waals surface area contributed by atoms with Crippen molar-refractivity contribution in [2.75, 3.05) is 20.1 Å². The molecule has 1 N–H and O–H groups in total. The Morgan fingerprint density at radius 1 is 1.35 bits per heavy atom. The zero-order valence-electron chi connectivity index (χ0n) is 10.4. The molecule has 0 amide bonds. The van der Waals surface area contributed by atoms with Gasteiger partial charge in [0.2, 0.25) is 0 Å². The van der Waals surface area contributed by atoms with Gasteiger partial charge >= 0.3 is 5.97 Å². The van der Waals surface area contributed by atoms with Gasteiger partial charge in [-0.2, -0.15) is 0 Å². The second-order valence-corrected chi connectivity index (χ2v) is 4.19. The monoisotopic (exact) mass is 233 g/mol. The molecule has 0 aliphatic carbocycles. The van der Waals surface area contributed by atoms with Crippen LogP contribution in [0.15, 0.2) is 42.0 Å². The molecule has 1 aromatic rings. The van der Waals surface area contributed by atoms with Crippen LogP contribution < -0.4 is 0 Å². The van der Waals surface area contributed by atoms with Gasteiger partial charge in [0, 0.05) is 18.7 Å². The van der Waals surface area contributed by atoms with Crippen molar-refractivity contribution in [1.82, 2.24) is 4.90 Å². The van der Waals surface area contributed by atoms with Crippen LogP contribution in [0.2, 0.25) is 0 Å². The van der Waals surface area contributed by atoms with Gasteiger partial charge in [0.15, 0.2) is 0 Å². The van der Waals surface area contributed by atoms with Crippen molar-refractivity contribution in [1.29, 1.82) is 0 Å². The second-order valence-electron chi connectivity index (χ2n) is 4.19. The molecule has 0 fully saturated rings. The van der Waals surface area contributed by atoms with Crippen molar-refractivity contribution in [3.63, 3.8) is 0 Å². The lowest BCUT2D eigenvalue weighted by Crippen LogP contribution is -2.21. The Balaban J connectivity index is 2.33. The number of carbonyl (C=O) groups is 1. The topological polar surface area (TPSA) is 40.5 Å². The number of nitrogens with zero attached hydrogens (tertiary/aromatic N) is 1. The molecule has 0 heterocycles. The summed E-state index contributed by atoms with van der Waals surface area (Å²) in [7, 11) is 1.99. The third kappa shape index (κ3) is 5.31. The molecule has 0 aromatic heterocycles. The molecule has 92 valence electrons. The number of aliphatic carboxylic acids is 1. The van der Waals surface area contributed by atoms with E-state index in [4.69, 9.17) is 5.11 Å². The van der Waals surface area contributed by atoms with Gasteiger partial charge in [-0.25, -0.2) is 4.79 Å². The molecular formula is C14H19NO2. The number of hydrogen-bond donors (Lipinski definition) is 1. The van der Waals surface area contributed by atoms with E-state index in [-0.39, 0.29) is 0 Å². The first kappa shape index (κ1) is 13.5. The predicted molar refractivity (Wildman–Crippen MR) is 69.0 cm³/mol. The van der Waals surface area contributed by atoms with E-state index < -0.39 is 5.97 Å². The van der Waals surface area contributed by atoms with Crippen LogP contribution in [-0.2, 0) is 11.2 Å². The number of rotatable bonds is 6. The molecule has 0 radical (unpaired) electrons. The minimum absolute atomic E-state index is 0.400. The minimum Gasteiger partial charge on any atom is -0.478 e. The summed E-state index contributed by atoms with van der Waals surface area (Å²) >= 11 is 0. The maximum atomic E-state index is 10.6. The van der Waals surface area contributed by atoms with E-state index in [0.29, 0.717) is 12.1 Å². The highest BCUT2D eigenvalue weighted by Crippen LogP contribution is 2.01. The normalized spacial score (nSPS) is 11.8. The van der Waals surface area contributed by atoms with E-state index in [1.54, 1.807) is 13.0 Å². The fraction of sp³-hybridized carbons (Fsp3) is 0.357. The van der Waals surface area contributed by atoms with Crippen LogP contribution in [0.4, 0.5) is 0 Å². The molecule has 0 spiro atoms. The first-order valence-corrected chi connectivity index (χ1v) is 5.72. The molecule has 0 bridgehead atoms. The molecule has 0 atom stereocenters. The highest BCUT2D eigenvalue weighted by atomic mass is 16.4. The number of carboxylic acid groups (broad SMARTS) is 1. The molecule has 3 heteroatoms. The predicted octanol–water partition coefficient (Wildman–Crippen LogP) is 2.19. The number of hydrogen-bond acceptors (Lipinski definition) is 2. The van der Waals surface area contributed by atoms with Crippen LogP contribution in [-0.4, -0.2) is 36.1 Å². The fourth-order valence-corrected chi connectivity index (χ4v) is 1.44. The summed E-state index contributed by atoms with van der Waals surface area (Å²) in [5.74, 6) is -0.846. The first-order valence-electron chi connectivity index (χ1n) is 5.72. The molecule has 3 nitrogen and oxygen atoms in total. The van der Waals surface area contributed by atoms with E-state index in [1.165, 1.54) is 5.56 Å². The van der Waals surface area contributed by atoms with E-state index in [1.807, 2.05) is 25.2 Å². The van der Waals surface area contributed by atoms with Gasteiger partial charge in [0.25, 0.3) is 0 Å². The van der Waals surface area contributed by atoms with Crippen molar-refractivity contribution < 1.29 is 9.90 Å². The summed E-state index contributed by atoms with van der Waals surface area (Å²) in [6.45, 7) is 3.21. The van der Waals surface area contributed by atoms with Crippen LogP contribution in [0, 0.1) is 0 Å². The zero-order chi connectivity index (χ0) is 12.7. The largest absolute Gasteiger partial charge is 0.478 e. The fourth-order valence-electron chi connectivity index (χ4n) is 1.44. The summed E-state index contributed by atoms with van der Waals surface area (Å²) in [6.07, 6.45) is 2.73. The molecule has 1 rings (SSSR count). The summed E-state index contributed by atoms with van der Waals surface area (Å²) in [6, 6.07) is 10.3. The van der Waals surface area contributed by atoms with Crippen molar-refractivity contribution >= 4 is 5.97 Å². The van der Waals surface area contributed by atoms with Gasteiger partial charge in [-0.05, 0) is 26.0 Å². The van der Waals surface area contributed by atoms with Crippen LogP contribution in [0.25, 0.3) is 0 Å². The van der Waals surface area contributed by atoms with Gasteiger partial charge < -0.3 is 10.0 Å². The maximum absolute atomic E-state index is 10.6.